The van der Waals surface area contributed by atoms with Crippen molar-refractivity contribution >= 4 is 35.4 Å². The van der Waals surface area contributed by atoms with Crippen molar-refractivity contribution in [1.29, 1.82) is 0 Å². The molecule has 120 valence electrons. The second kappa shape index (κ2) is 6.96. The zero-order chi connectivity index (χ0) is 16.3. The lowest BCUT2D eigenvalue weighted by atomic mass is 10.1. The van der Waals surface area contributed by atoms with Crippen LogP contribution in [0.5, 0.6) is 0 Å². The lowest BCUT2D eigenvalue weighted by molar-refractivity contribution is -0.136. The topological polar surface area (TPSA) is 57.6 Å². The van der Waals surface area contributed by atoms with E-state index in [-0.39, 0.29) is 10.7 Å². The number of hydrogen-bond donors (Lipinski definition) is 1. The molecule has 1 fully saturated rings. The van der Waals surface area contributed by atoms with E-state index in [4.69, 9.17) is 5.11 Å². The average Bonchev–Trinajstić information content (AvgIpc) is 2.46. The zero-order valence-electron chi connectivity index (χ0n) is 13.0. The molecule has 0 bridgehead atoms. The third-order valence-electron chi connectivity index (χ3n) is 3.48. The quantitative estimate of drug-likeness (QED) is 0.854. The maximum Gasteiger partial charge on any atom is 0.316 e. The lowest BCUT2D eigenvalue weighted by Crippen LogP contribution is -2.46. The Morgan fingerprint density at radius 3 is 2.68 bits per heavy atom. The molecule has 1 heterocycles. The van der Waals surface area contributed by atoms with Crippen molar-refractivity contribution in [3.63, 3.8) is 0 Å². The van der Waals surface area contributed by atoms with E-state index in [1.54, 1.807) is 13.0 Å². The van der Waals surface area contributed by atoms with Crippen LogP contribution in [0.4, 0.5) is 0 Å². The number of amides is 1. The molecule has 0 radical (unpaired) electrons. The molecule has 1 N–H and O–H groups in total. The maximum atomic E-state index is 12.8. The van der Waals surface area contributed by atoms with Gasteiger partial charge in [-0.25, -0.2) is 0 Å². The number of benzene rings is 1. The first kappa shape index (κ1) is 17.2. The summed E-state index contributed by atoms with van der Waals surface area (Å²) in [5.74, 6) is 0.0522. The average molecular weight is 339 g/mol. The molecule has 6 heteroatoms. The van der Waals surface area contributed by atoms with Gasteiger partial charge in [-0.2, -0.15) is 11.8 Å². The molecule has 2 rings (SSSR count). The Kier molecular flexibility index (Phi) is 5.45. The molecule has 1 unspecified atom stereocenters. The van der Waals surface area contributed by atoms with Gasteiger partial charge in [-0.3, -0.25) is 9.59 Å². The summed E-state index contributed by atoms with van der Waals surface area (Å²) < 4.78 is 0.0599. The molecular formula is C16H21NO3S2. The summed E-state index contributed by atoms with van der Waals surface area (Å²) >= 11 is 3.10. The predicted octanol–water partition coefficient (Wildman–Crippen LogP) is 3.22. The van der Waals surface area contributed by atoms with Gasteiger partial charge in [0.25, 0.3) is 5.91 Å². The highest BCUT2D eigenvalue weighted by Gasteiger charge is 2.31. The van der Waals surface area contributed by atoms with Gasteiger partial charge in [-0.15, -0.1) is 11.8 Å². The highest BCUT2D eigenvalue weighted by atomic mass is 32.2. The smallest absolute Gasteiger partial charge is 0.316 e. The fraction of sp³-hybridized carbons (Fsp3) is 0.500. The number of hydrogen-bond acceptors (Lipinski definition) is 4. The molecule has 22 heavy (non-hydrogen) atoms. The van der Waals surface area contributed by atoms with Crippen LogP contribution in [0.3, 0.4) is 0 Å². The number of carboxylic acid groups (broad SMARTS) is 1. The van der Waals surface area contributed by atoms with Gasteiger partial charge in [0.05, 0.1) is 5.56 Å². The minimum Gasteiger partial charge on any atom is -0.480 e. The maximum absolute atomic E-state index is 12.8. The Labute approximate surface area is 139 Å². The molecule has 1 saturated heterocycles. The number of rotatable bonds is 4. The molecule has 1 aromatic rings. The lowest BCUT2D eigenvalue weighted by Gasteiger charge is -2.37. The molecule has 0 saturated carbocycles. The number of carboxylic acids is 1. The SMILES string of the molecule is CC(Sc1ccccc1C(=O)N1CCSC(C)(C)C1)C(=O)O. The van der Waals surface area contributed by atoms with Gasteiger partial charge in [0.15, 0.2) is 0 Å². The van der Waals surface area contributed by atoms with E-state index in [0.29, 0.717) is 12.1 Å². The molecule has 1 aliphatic rings. The van der Waals surface area contributed by atoms with Crippen LogP contribution in [0, 0.1) is 0 Å². The van der Waals surface area contributed by atoms with Crippen molar-refractivity contribution in [1.82, 2.24) is 4.90 Å². The van der Waals surface area contributed by atoms with Crippen LogP contribution in [0.25, 0.3) is 0 Å². The Morgan fingerprint density at radius 2 is 2.05 bits per heavy atom. The third-order valence-corrected chi connectivity index (χ3v) is 5.94. The van der Waals surface area contributed by atoms with Gasteiger partial charge in [0.2, 0.25) is 0 Å². The first-order chi connectivity index (χ1) is 10.3. The van der Waals surface area contributed by atoms with Gasteiger partial charge in [0, 0.05) is 28.5 Å². The first-order valence-electron chi connectivity index (χ1n) is 7.22. The second-order valence-electron chi connectivity index (χ2n) is 5.93. The Hall–Kier alpha value is -1.14. The van der Waals surface area contributed by atoms with E-state index in [1.807, 2.05) is 34.9 Å². The van der Waals surface area contributed by atoms with E-state index in [1.165, 1.54) is 11.8 Å². The van der Waals surface area contributed by atoms with Crippen molar-refractivity contribution < 1.29 is 14.7 Å². The molecule has 0 aliphatic carbocycles. The predicted molar refractivity (Wildman–Crippen MR) is 91.8 cm³/mol. The summed E-state index contributed by atoms with van der Waals surface area (Å²) in [6.07, 6.45) is 0. The van der Waals surface area contributed by atoms with Gasteiger partial charge >= 0.3 is 5.97 Å². The van der Waals surface area contributed by atoms with Crippen LogP contribution in [0.1, 0.15) is 31.1 Å². The van der Waals surface area contributed by atoms with Crippen LogP contribution in [0.15, 0.2) is 29.2 Å². The molecule has 4 nitrogen and oxygen atoms in total. The van der Waals surface area contributed by atoms with Gasteiger partial charge in [-0.1, -0.05) is 12.1 Å². The number of nitrogens with zero attached hydrogens (tertiary/aromatic N) is 1. The Morgan fingerprint density at radius 1 is 1.36 bits per heavy atom. The van der Waals surface area contributed by atoms with Crippen LogP contribution in [0.2, 0.25) is 0 Å². The summed E-state index contributed by atoms with van der Waals surface area (Å²) in [5.41, 5.74) is 0.600. The minimum atomic E-state index is -0.872. The molecule has 1 aromatic carbocycles. The second-order valence-corrected chi connectivity index (χ2v) is 9.11. The van der Waals surface area contributed by atoms with E-state index < -0.39 is 11.2 Å². The largest absolute Gasteiger partial charge is 0.480 e. The van der Waals surface area contributed by atoms with E-state index in [2.05, 4.69) is 13.8 Å². The monoisotopic (exact) mass is 339 g/mol. The van der Waals surface area contributed by atoms with E-state index in [0.717, 1.165) is 17.2 Å². The van der Waals surface area contributed by atoms with Crippen LogP contribution in [-0.2, 0) is 4.79 Å². The summed E-state index contributed by atoms with van der Waals surface area (Å²) in [6, 6.07) is 7.27. The van der Waals surface area contributed by atoms with Gasteiger partial charge in [-0.05, 0) is 32.9 Å². The molecule has 0 aromatic heterocycles. The normalized spacial score (nSPS) is 18.8. The Bertz CT molecular complexity index is 574. The molecule has 1 atom stereocenters. The summed E-state index contributed by atoms with van der Waals surface area (Å²) in [7, 11) is 0. The molecule has 1 aliphatic heterocycles. The van der Waals surface area contributed by atoms with Crippen molar-refractivity contribution in [2.24, 2.45) is 0 Å². The minimum absolute atomic E-state index is 0.00550. The van der Waals surface area contributed by atoms with Crippen molar-refractivity contribution in [3.05, 3.63) is 29.8 Å². The number of carbonyl (C=O) groups excluding carboxylic acids is 1. The van der Waals surface area contributed by atoms with Crippen LogP contribution >= 0.6 is 23.5 Å². The third kappa shape index (κ3) is 4.20. The molecular weight excluding hydrogens is 318 g/mol. The summed E-state index contributed by atoms with van der Waals surface area (Å²) in [5, 5.41) is 8.49. The zero-order valence-corrected chi connectivity index (χ0v) is 14.7. The first-order valence-corrected chi connectivity index (χ1v) is 9.08. The van der Waals surface area contributed by atoms with Crippen LogP contribution < -0.4 is 0 Å². The van der Waals surface area contributed by atoms with Gasteiger partial charge in [0.1, 0.15) is 5.25 Å². The molecule has 0 spiro atoms. The highest BCUT2D eigenvalue weighted by molar-refractivity contribution is 8.01. The fourth-order valence-corrected chi connectivity index (χ4v) is 4.38. The van der Waals surface area contributed by atoms with Crippen molar-refractivity contribution in [2.75, 3.05) is 18.8 Å². The standard InChI is InChI=1S/C16H21NO3S2/c1-11(15(19)20)22-13-7-5-4-6-12(13)14(18)17-8-9-21-16(2,3)10-17/h4-7,11H,8-10H2,1-3H3,(H,19,20). The number of carbonyl (C=O) groups is 2. The van der Waals surface area contributed by atoms with Crippen LogP contribution in [-0.4, -0.2) is 50.7 Å². The fourth-order valence-electron chi connectivity index (χ4n) is 2.35. The van der Waals surface area contributed by atoms with E-state index >= 15 is 0 Å². The van der Waals surface area contributed by atoms with Crippen molar-refractivity contribution in [2.45, 2.75) is 35.7 Å². The Balaban J connectivity index is 2.21. The van der Waals surface area contributed by atoms with Crippen molar-refractivity contribution in [3.8, 4) is 0 Å². The number of aliphatic carboxylic acids is 1. The summed E-state index contributed by atoms with van der Waals surface area (Å²) in [6.45, 7) is 7.37. The number of thioether (sulfide) groups is 2. The summed E-state index contributed by atoms with van der Waals surface area (Å²) in [4.78, 5) is 26.5. The van der Waals surface area contributed by atoms with E-state index in [9.17, 15) is 9.59 Å². The highest BCUT2D eigenvalue weighted by Crippen LogP contribution is 2.32. The molecule has 1 amide bonds. The van der Waals surface area contributed by atoms with Gasteiger partial charge < -0.3 is 10.0 Å².